The number of hydrogen-bond donors (Lipinski definition) is 2. The zero-order valence-electron chi connectivity index (χ0n) is 13.8. The van der Waals surface area contributed by atoms with Crippen LogP contribution in [0, 0.1) is 0 Å². The number of carbonyl (C=O) groups excluding carboxylic acids is 1. The number of halogens is 1. The predicted molar refractivity (Wildman–Crippen MR) is 94.4 cm³/mol. The Morgan fingerprint density at radius 3 is 2.65 bits per heavy atom. The molecule has 0 radical (unpaired) electrons. The molecular formula is C18H27ClN2O2. The largest absolute Gasteiger partial charge is 0.497 e. The molecule has 1 unspecified atom stereocenters. The molecule has 1 saturated carbocycles. The summed E-state index contributed by atoms with van der Waals surface area (Å²) in [6.07, 6.45) is 6.87. The zero-order valence-corrected chi connectivity index (χ0v) is 14.6. The smallest absolute Gasteiger partial charge is 0.230 e. The zero-order chi connectivity index (χ0) is 15.4. The van der Waals surface area contributed by atoms with Crippen molar-refractivity contribution in [2.75, 3.05) is 20.2 Å². The fraction of sp³-hybridized carbons (Fsp3) is 0.611. The number of amides is 1. The van der Waals surface area contributed by atoms with Crippen molar-refractivity contribution in [1.82, 2.24) is 10.6 Å². The van der Waals surface area contributed by atoms with Crippen molar-refractivity contribution < 1.29 is 9.53 Å². The van der Waals surface area contributed by atoms with Crippen LogP contribution in [0.3, 0.4) is 0 Å². The fourth-order valence-electron chi connectivity index (χ4n) is 3.34. The summed E-state index contributed by atoms with van der Waals surface area (Å²) in [4.78, 5) is 12.6. The molecule has 1 aromatic carbocycles. The summed E-state index contributed by atoms with van der Waals surface area (Å²) in [7, 11) is 1.66. The lowest BCUT2D eigenvalue weighted by Crippen LogP contribution is -2.44. The number of benzene rings is 1. The van der Waals surface area contributed by atoms with Crippen LogP contribution in [0.15, 0.2) is 24.3 Å². The van der Waals surface area contributed by atoms with Crippen LogP contribution >= 0.6 is 12.4 Å². The van der Waals surface area contributed by atoms with Crippen molar-refractivity contribution in [3.63, 3.8) is 0 Å². The number of methoxy groups -OCH3 is 1. The molecule has 0 bridgehead atoms. The molecule has 4 nitrogen and oxygen atoms in total. The van der Waals surface area contributed by atoms with Crippen LogP contribution in [-0.4, -0.2) is 32.1 Å². The highest BCUT2D eigenvalue weighted by Crippen LogP contribution is 2.48. The molecule has 1 amide bonds. The van der Waals surface area contributed by atoms with Gasteiger partial charge in [-0.05, 0) is 49.9 Å². The summed E-state index contributed by atoms with van der Waals surface area (Å²) in [5.74, 6) is 1.02. The summed E-state index contributed by atoms with van der Waals surface area (Å²) in [6, 6.07) is 8.36. The van der Waals surface area contributed by atoms with Crippen molar-refractivity contribution in [3.8, 4) is 5.75 Å². The molecule has 0 spiro atoms. The topological polar surface area (TPSA) is 50.4 Å². The van der Waals surface area contributed by atoms with Gasteiger partial charge in [0.05, 0.1) is 12.5 Å². The van der Waals surface area contributed by atoms with Crippen molar-refractivity contribution in [1.29, 1.82) is 0 Å². The van der Waals surface area contributed by atoms with Crippen LogP contribution < -0.4 is 15.4 Å². The van der Waals surface area contributed by atoms with Gasteiger partial charge in [0, 0.05) is 12.6 Å². The average Bonchev–Trinajstić information content (AvgIpc) is 3.38. The number of nitrogens with one attached hydrogen (secondary N) is 2. The van der Waals surface area contributed by atoms with Gasteiger partial charge in [0.1, 0.15) is 5.75 Å². The van der Waals surface area contributed by atoms with E-state index in [-0.39, 0.29) is 23.7 Å². The Hall–Kier alpha value is -1.26. The molecule has 2 aliphatic rings. The first kappa shape index (κ1) is 18.1. The maximum absolute atomic E-state index is 12.6. The van der Waals surface area contributed by atoms with Crippen molar-refractivity contribution in [3.05, 3.63) is 29.8 Å². The summed E-state index contributed by atoms with van der Waals surface area (Å²) < 4.78 is 5.19. The highest BCUT2D eigenvalue weighted by Gasteiger charge is 2.51. The van der Waals surface area contributed by atoms with E-state index in [1.807, 2.05) is 24.3 Å². The monoisotopic (exact) mass is 338 g/mol. The van der Waals surface area contributed by atoms with Gasteiger partial charge in [-0.3, -0.25) is 4.79 Å². The molecule has 1 heterocycles. The Labute approximate surface area is 144 Å². The second kappa shape index (κ2) is 8.02. The van der Waals surface area contributed by atoms with Gasteiger partial charge in [0.25, 0.3) is 0 Å². The van der Waals surface area contributed by atoms with Crippen LogP contribution in [0.2, 0.25) is 0 Å². The van der Waals surface area contributed by atoms with Gasteiger partial charge in [-0.15, -0.1) is 12.4 Å². The van der Waals surface area contributed by atoms with E-state index < -0.39 is 0 Å². The standard InChI is InChI=1S/C18H26N2O2.ClH/c1-22-16-8-6-14(7-9-16)18(10-11-18)17(21)20-13-15-5-3-2-4-12-19-15;/h6-9,15,19H,2-5,10-13H2,1H3,(H,20,21);1H. The Morgan fingerprint density at radius 2 is 2.00 bits per heavy atom. The Balaban J connectivity index is 0.00000192. The maximum atomic E-state index is 12.6. The third kappa shape index (κ3) is 4.18. The number of rotatable bonds is 5. The number of hydrogen-bond acceptors (Lipinski definition) is 3. The first-order valence-electron chi connectivity index (χ1n) is 8.41. The summed E-state index contributed by atoms with van der Waals surface area (Å²) >= 11 is 0. The molecule has 1 aliphatic heterocycles. The lowest BCUT2D eigenvalue weighted by atomic mass is 9.94. The Kier molecular flexibility index (Phi) is 6.31. The van der Waals surface area contributed by atoms with Crippen molar-refractivity contribution in [2.24, 2.45) is 0 Å². The van der Waals surface area contributed by atoms with E-state index in [2.05, 4.69) is 10.6 Å². The second-order valence-corrected chi connectivity index (χ2v) is 6.52. The van der Waals surface area contributed by atoms with E-state index >= 15 is 0 Å². The van der Waals surface area contributed by atoms with Gasteiger partial charge in [-0.25, -0.2) is 0 Å². The molecule has 1 aromatic rings. The van der Waals surface area contributed by atoms with Crippen molar-refractivity contribution in [2.45, 2.75) is 50.0 Å². The van der Waals surface area contributed by atoms with E-state index in [4.69, 9.17) is 4.74 Å². The molecular weight excluding hydrogens is 312 g/mol. The molecule has 128 valence electrons. The van der Waals surface area contributed by atoms with E-state index in [0.717, 1.165) is 43.7 Å². The molecule has 0 aromatic heterocycles. The first-order valence-corrected chi connectivity index (χ1v) is 8.41. The van der Waals surface area contributed by atoms with Gasteiger partial charge in [0.15, 0.2) is 0 Å². The molecule has 1 aliphatic carbocycles. The van der Waals surface area contributed by atoms with Gasteiger partial charge in [-0.2, -0.15) is 0 Å². The molecule has 2 N–H and O–H groups in total. The van der Waals surface area contributed by atoms with Gasteiger partial charge in [-0.1, -0.05) is 25.0 Å². The number of ether oxygens (including phenoxy) is 1. The van der Waals surface area contributed by atoms with E-state index in [9.17, 15) is 4.79 Å². The van der Waals surface area contributed by atoms with Crippen LogP contribution in [0.1, 0.15) is 44.1 Å². The lowest BCUT2D eigenvalue weighted by Gasteiger charge is -2.20. The summed E-state index contributed by atoms with van der Waals surface area (Å²) in [5.41, 5.74) is 0.816. The first-order chi connectivity index (χ1) is 10.7. The van der Waals surface area contributed by atoms with Crippen LogP contribution in [0.25, 0.3) is 0 Å². The minimum absolute atomic E-state index is 0. The normalized spacial score (nSPS) is 22.4. The van der Waals surface area contributed by atoms with Gasteiger partial charge < -0.3 is 15.4 Å². The average molecular weight is 339 g/mol. The van der Waals surface area contributed by atoms with Crippen LogP contribution in [-0.2, 0) is 10.2 Å². The van der Waals surface area contributed by atoms with Crippen molar-refractivity contribution >= 4 is 18.3 Å². The highest BCUT2D eigenvalue weighted by molar-refractivity contribution is 5.91. The fourth-order valence-corrected chi connectivity index (χ4v) is 3.34. The summed E-state index contributed by atoms with van der Waals surface area (Å²) in [5, 5.41) is 6.71. The van der Waals surface area contributed by atoms with E-state index in [0.29, 0.717) is 6.04 Å². The minimum atomic E-state index is -0.295. The molecule has 5 heteroatoms. The van der Waals surface area contributed by atoms with E-state index in [1.165, 1.54) is 19.3 Å². The molecule has 1 atom stereocenters. The van der Waals surface area contributed by atoms with E-state index in [1.54, 1.807) is 7.11 Å². The lowest BCUT2D eigenvalue weighted by molar-refractivity contribution is -0.123. The summed E-state index contributed by atoms with van der Waals surface area (Å²) in [6.45, 7) is 1.82. The SMILES string of the molecule is COc1ccc(C2(C(=O)NCC3CCCCCN3)CC2)cc1.Cl. The van der Waals surface area contributed by atoms with Gasteiger partial charge in [0.2, 0.25) is 5.91 Å². The van der Waals surface area contributed by atoms with Gasteiger partial charge >= 0.3 is 0 Å². The Bertz CT molecular complexity index is 506. The third-order valence-corrected chi connectivity index (χ3v) is 5.00. The predicted octanol–water partition coefficient (Wildman–Crippen LogP) is 2.80. The molecule has 1 saturated heterocycles. The molecule has 2 fully saturated rings. The molecule has 3 rings (SSSR count). The number of carbonyl (C=O) groups is 1. The second-order valence-electron chi connectivity index (χ2n) is 6.52. The van der Waals surface area contributed by atoms with Crippen LogP contribution in [0.5, 0.6) is 5.75 Å². The van der Waals surface area contributed by atoms with Crippen LogP contribution in [0.4, 0.5) is 0 Å². The maximum Gasteiger partial charge on any atom is 0.230 e. The Morgan fingerprint density at radius 1 is 1.26 bits per heavy atom. The minimum Gasteiger partial charge on any atom is -0.497 e. The highest BCUT2D eigenvalue weighted by atomic mass is 35.5. The molecule has 23 heavy (non-hydrogen) atoms. The quantitative estimate of drug-likeness (QED) is 0.868. The third-order valence-electron chi connectivity index (χ3n) is 5.00.